The molecule has 1 fully saturated rings. The molecular formula is C15H22BrN3. The summed E-state index contributed by atoms with van der Waals surface area (Å²) >= 11 is 3.45. The largest absolute Gasteiger partial charge is 0.318 e. The number of likely N-dealkylation sites (N-methyl/N-ethyl adjacent to an activating group) is 1. The van der Waals surface area contributed by atoms with Crippen LogP contribution >= 0.6 is 15.9 Å². The summed E-state index contributed by atoms with van der Waals surface area (Å²) < 4.78 is 1.04. The molecule has 0 unspecified atom stereocenters. The molecule has 1 aliphatic heterocycles. The van der Waals surface area contributed by atoms with Crippen LogP contribution in [0.2, 0.25) is 0 Å². The van der Waals surface area contributed by atoms with Gasteiger partial charge in [0.25, 0.3) is 0 Å². The molecule has 0 aliphatic carbocycles. The fourth-order valence-corrected chi connectivity index (χ4v) is 3.39. The van der Waals surface area contributed by atoms with Gasteiger partial charge in [-0.3, -0.25) is 9.88 Å². The number of nitrogens with one attached hydrogen (secondary N) is 1. The molecule has 1 N–H and O–H groups in total. The zero-order valence-corrected chi connectivity index (χ0v) is 13.2. The predicted octanol–water partition coefficient (Wildman–Crippen LogP) is 2.80. The maximum absolute atomic E-state index is 4.60. The second-order valence-corrected chi connectivity index (χ2v) is 5.93. The zero-order valence-electron chi connectivity index (χ0n) is 11.6. The van der Waals surface area contributed by atoms with Crippen LogP contribution in [-0.2, 0) is 0 Å². The van der Waals surface area contributed by atoms with Gasteiger partial charge in [-0.05, 0) is 41.5 Å². The maximum Gasteiger partial charge on any atom is 0.0467 e. The number of hydrogen-bond acceptors (Lipinski definition) is 3. The molecule has 1 aromatic heterocycles. The van der Waals surface area contributed by atoms with Gasteiger partial charge in [-0.25, -0.2) is 0 Å². The van der Waals surface area contributed by atoms with Gasteiger partial charge < -0.3 is 5.32 Å². The van der Waals surface area contributed by atoms with Crippen molar-refractivity contribution in [3.05, 3.63) is 41.2 Å². The first-order chi connectivity index (χ1) is 9.22. The minimum absolute atomic E-state index is 0.515. The molecule has 0 radical (unpaired) electrons. The molecule has 104 valence electrons. The number of hydrogen-bond donors (Lipinski definition) is 1. The Morgan fingerprint density at radius 3 is 2.79 bits per heavy atom. The molecule has 3 nitrogen and oxygen atoms in total. The Morgan fingerprint density at radius 2 is 2.26 bits per heavy atom. The Kier molecular flexibility index (Phi) is 5.13. The van der Waals surface area contributed by atoms with E-state index in [0.29, 0.717) is 18.0 Å². The van der Waals surface area contributed by atoms with Gasteiger partial charge in [0.2, 0.25) is 0 Å². The molecule has 3 atom stereocenters. The molecule has 1 aromatic rings. The van der Waals surface area contributed by atoms with Crippen LogP contribution in [0.1, 0.15) is 25.0 Å². The molecular weight excluding hydrogens is 302 g/mol. The van der Waals surface area contributed by atoms with Crippen LogP contribution in [0.25, 0.3) is 0 Å². The van der Waals surface area contributed by atoms with Crippen molar-refractivity contribution in [1.82, 2.24) is 15.2 Å². The van der Waals surface area contributed by atoms with Crippen LogP contribution in [0.15, 0.2) is 35.5 Å². The van der Waals surface area contributed by atoms with Gasteiger partial charge in [0.1, 0.15) is 0 Å². The van der Waals surface area contributed by atoms with E-state index in [1.54, 1.807) is 0 Å². The third kappa shape index (κ3) is 2.91. The first kappa shape index (κ1) is 14.7. The lowest BCUT2D eigenvalue weighted by Crippen LogP contribution is -2.64. The van der Waals surface area contributed by atoms with Gasteiger partial charge in [0, 0.05) is 47.5 Å². The Balaban J connectivity index is 2.20. The highest BCUT2D eigenvalue weighted by atomic mass is 79.9. The van der Waals surface area contributed by atoms with Crippen LogP contribution in [0, 0.1) is 0 Å². The van der Waals surface area contributed by atoms with Crippen LogP contribution in [-0.4, -0.2) is 42.1 Å². The average Bonchev–Trinajstić information content (AvgIpc) is 2.41. The lowest BCUT2D eigenvalue weighted by atomic mass is 9.75. The number of rotatable bonds is 6. The summed E-state index contributed by atoms with van der Waals surface area (Å²) in [5.74, 6) is 0.519. The van der Waals surface area contributed by atoms with Crippen molar-refractivity contribution in [2.75, 3.05) is 20.1 Å². The fourth-order valence-electron chi connectivity index (χ4n) is 3.15. The van der Waals surface area contributed by atoms with Gasteiger partial charge in [-0.1, -0.05) is 13.0 Å². The first-order valence-electron chi connectivity index (χ1n) is 6.85. The molecule has 0 saturated carbocycles. The number of likely N-dealkylation sites (tertiary alicyclic amines) is 1. The van der Waals surface area contributed by atoms with Gasteiger partial charge in [0.15, 0.2) is 0 Å². The Bertz CT molecular complexity index is 418. The van der Waals surface area contributed by atoms with Crippen LogP contribution < -0.4 is 5.32 Å². The summed E-state index contributed by atoms with van der Waals surface area (Å²) in [6.45, 7) is 8.07. The molecule has 0 amide bonds. The molecule has 0 aromatic carbocycles. The highest BCUT2D eigenvalue weighted by Crippen LogP contribution is 2.41. The van der Waals surface area contributed by atoms with E-state index in [2.05, 4.69) is 56.8 Å². The molecule has 2 rings (SSSR count). The number of nitrogens with zero attached hydrogens (tertiary/aromatic N) is 2. The smallest absolute Gasteiger partial charge is 0.0467 e. The monoisotopic (exact) mass is 323 g/mol. The van der Waals surface area contributed by atoms with Crippen molar-refractivity contribution >= 4 is 15.9 Å². The third-order valence-electron chi connectivity index (χ3n) is 3.94. The van der Waals surface area contributed by atoms with E-state index >= 15 is 0 Å². The lowest BCUT2D eigenvalue weighted by Gasteiger charge is -2.55. The van der Waals surface area contributed by atoms with Crippen molar-refractivity contribution in [1.29, 1.82) is 0 Å². The second-order valence-electron chi connectivity index (χ2n) is 5.01. The van der Waals surface area contributed by atoms with E-state index in [9.17, 15) is 0 Å². The van der Waals surface area contributed by atoms with Crippen molar-refractivity contribution in [3.8, 4) is 0 Å². The Hall–Kier alpha value is -0.710. The number of aromatic nitrogens is 1. The van der Waals surface area contributed by atoms with Gasteiger partial charge in [0.05, 0.1) is 0 Å². The van der Waals surface area contributed by atoms with Gasteiger partial charge >= 0.3 is 0 Å². The minimum atomic E-state index is 0.515. The number of pyridine rings is 1. The van der Waals surface area contributed by atoms with E-state index in [-0.39, 0.29) is 0 Å². The Labute approximate surface area is 124 Å². The summed E-state index contributed by atoms with van der Waals surface area (Å²) in [6.07, 6.45) is 5.04. The van der Waals surface area contributed by atoms with Crippen molar-refractivity contribution < 1.29 is 0 Å². The SMILES string of the molecule is C=CCN1[C@H](CC)[C@H](c2ccc(Br)cn2)[C@@H]1CNC. The van der Waals surface area contributed by atoms with Gasteiger partial charge in [-0.15, -0.1) is 6.58 Å². The molecule has 0 bridgehead atoms. The molecule has 2 heterocycles. The van der Waals surface area contributed by atoms with Crippen molar-refractivity contribution in [2.45, 2.75) is 31.3 Å². The first-order valence-corrected chi connectivity index (χ1v) is 7.64. The molecule has 1 aliphatic rings. The summed E-state index contributed by atoms with van der Waals surface area (Å²) in [5.41, 5.74) is 1.20. The van der Waals surface area contributed by atoms with E-state index in [4.69, 9.17) is 0 Å². The summed E-state index contributed by atoms with van der Waals surface area (Å²) in [4.78, 5) is 7.12. The lowest BCUT2D eigenvalue weighted by molar-refractivity contribution is -0.00625. The van der Waals surface area contributed by atoms with E-state index < -0.39 is 0 Å². The fraction of sp³-hybridized carbons (Fsp3) is 0.533. The topological polar surface area (TPSA) is 28.2 Å². The van der Waals surface area contributed by atoms with E-state index in [1.165, 1.54) is 5.69 Å². The van der Waals surface area contributed by atoms with Crippen molar-refractivity contribution in [3.63, 3.8) is 0 Å². The van der Waals surface area contributed by atoms with E-state index in [1.807, 2.05) is 19.3 Å². The Morgan fingerprint density at radius 1 is 1.47 bits per heavy atom. The van der Waals surface area contributed by atoms with Crippen LogP contribution in [0.4, 0.5) is 0 Å². The summed E-state index contributed by atoms with van der Waals surface area (Å²) in [6, 6.07) is 5.32. The molecule has 4 heteroatoms. The highest BCUT2D eigenvalue weighted by molar-refractivity contribution is 9.10. The standard InChI is InChI=1S/C15H22BrN3/c1-4-8-19-13(5-2)15(14(19)10-17-3)12-7-6-11(16)9-18-12/h4,6-7,9,13-15,17H,1,5,8,10H2,2-3H3/t13-,14+,15+/m1/s1. The van der Waals surface area contributed by atoms with E-state index in [0.717, 1.165) is 24.0 Å². The molecule has 19 heavy (non-hydrogen) atoms. The predicted molar refractivity (Wildman–Crippen MR) is 83.4 cm³/mol. The van der Waals surface area contributed by atoms with Crippen LogP contribution in [0.5, 0.6) is 0 Å². The zero-order chi connectivity index (χ0) is 13.8. The number of halogens is 1. The minimum Gasteiger partial charge on any atom is -0.318 e. The second kappa shape index (κ2) is 6.64. The molecule has 0 spiro atoms. The van der Waals surface area contributed by atoms with Gasteiger partial charge in [-0.2, -0.15) is 0 Å². The summed E-state index contributed by atoms with van der Waals surface area (Å²) in [7, 11) is 2.01. The third-order valence-corrected chi connectivity index (χ3v) is 4.41. The normalized spacial score (nSPS) is 27.0. The highest BCUT2D eigenvalue weighted by Gasteiger charge is 2.47. The van der Waals surface area contributed by atoms with Crippen LogP contribution in [0.3, 0.4) is 0 Å². The average molecular weight is 324 g/mol. The maximum atomic E-state index is 4.60. The summed E-state index contributed by atoms with van der Waals surface area (Å²) in [5, 5.41) is 3.30. The molecule has 1 saturated heterocycles. The van der Waals surface area contributed by atoms with Crippen molar-refractivity contribution in [2.24, 2.45) is 0 Å². The quantitative estimate of drug-likeness (QED) is 0.816.